The van der Waals surface area contributed by atoms with Crippen molar-refractivity contribution in [2.45, 2.75) is 19.0 Å². The Kier molecular flexibility index (Phi) is 6.23. The fourth-order valence-electron chi connectivity index (χ4n) is 2.20. The average Bonchev–Trinajstić information content (AvgIpc) is 2.92. The lowest BCUT2D eigenvalue weighted by molar-refractivity contribution is -0.132. The summed E-state index contributed by atoms with van der Waals surface area (Å²) in [4.78, 5) is 29.7. The maximum atomic E-state index is 12.5. The van der Waals surface area contributed by atoms with Crippen LogP contribution in [0.25, 0.3) is 10.2 Å². The Balaban J connectivity index is 2.05. The highest BCUT2D eigenvalue weighted by Gasteiger charge is 2.23. The van der Waals surface area contributed by atoms with Crippen LogP contribution in [0.15, 0.2) is 24.3 Å². The summed E-state index contributed by atoms with van der Waals surface area (Å²) in [5, 5.41) is 3.39. The zero-order valence-electron chi connectivity index (χ0n) is 13.1. The Morgan fingerprint density at radius 2 is 2.17 bits per heavy atom. The highest BCUT2D eigenvalue weighted by atomic mass is 32.2. The Morgan fingerprint density at radius 1 is 1.43 bits per heavy atom. The number of benzene rings is 1. The number of aromatic nitrogens is 1. The molecule has 0 spiro atoms. The highest BCUT2D eigenvalue weighted by molar-refractivity contribution is 7.98. The molecule has 2 aromatic rings. The van der Waals surface area contributed by atoms with Gasteiger partial charge in [-0.3, -0.25) is 4.79 Å². The molecule has 0 aliphatic rings. The van der Waals surface area contributed by atoms with Crippen molar-refractivity contribution in [1.82, 2.24) is 15.2 Å². The van der Waals surface area contributed by atoms with Crippen LogP contribution in [-0.2, 0) is 11.3 Å². The molecule has 1 heterocycles. The number of thioether (sulfide) groups is 1. The van der Waals surface area contributed by atoms with Gasteiger partial charge in [0, 0.05) is 7.05 Å². The van der Waals surface area contributed by atoms with Crippen molar-refractivity contribution in [2.75, 3.05) is 19.1 Å². The normalized spacial score (nSPS) is 12.1. The SMILES string of the molecule is CSCC[C@H](NC(N)=O)C(=O)N(C)Cc1nc2ccccc2s1. The standard InChI is InChI=1S/C15H20N4O2S2/c1-19(14(20)11(7-8-22-2)18-15(16)21)9-13-17-10-5-3-4-6-12(10)23-13/h3-6,11H,7-9H2,1-2H3,(H3,16,18,21)/t11-/m0/s1. The molecular weight excluding hydrogens is 332 g/mol. The minimum absolute atomic E-state index is 0.155. The molecule has 1 aromatic carbocycles. The topological polar surface area (TPSA) is 88.3 Å². The average molecular weight is 352 g/mol. The van der Waals surface area contributed by atoms with Gasteiger partial charge in [0.25, 0.3) is 0 Å². The van der Waals surface area contributed by atoms with Gasteiger partial charge in [0.05, 0.1) is 16.8 Å². The summed E-state index contributed by atoms with van der Waals surface area (Å²) in [6.07, 6.45) is 2.50. The number of amides is 3. The Bertz CT molecular complexity index is 656. The maximum Gasteiger partial charge on any atom is 0.312 e. The smallest absolute Gasteiger partial charge is 0.312 e. The van der Waals surface area contributed by atoms with Crippen LogP contribution < -0.4 is 11.1 Å². The second-order valence-electron chi connectivity index (χ2n) is 5.11. The van der Waals surface area contributed by atoms with Crippen LogP contribution in [0.1, 0.15) is 11.4 Å². The number of carbonyl (C=O) groups excluding carboxylic acids is 2. The quantitative estimate of drug-likeness (QED) is 0.798. The minimum atomic E-state index is -0.683. The summed E-state index contributed by atoms with van der Waals surface area (Å²) in [6.45, 7) is 0.411. The first-order chi connectivity index (χ1) is 11.0. The molecule has 0 radical (unpaired) electrons. The zero-order valence-corrected chi connectivity index (χ0v) is 14.7. The lowest BCUT2D eigenvalue weighted by Gasteiger charge is -2.23. The lowest BCUT2D eigenvalue weighted by atomic mass is 10.2. The number of thiazole rings is 1. The molecule has 6 nitrogen and oxygen atoms in total. The first-order valence-corrected chi connectivity index (χ1v) is 9.36. The van der Waals surface area contributed by atoms with Gasteiger partial charge in [-0.1, -0.05) is 12.1 Å². The molecule has 3 amide bonds. The van der Waals surface area contributed by atoms with Crippen molar-refractivity contribution in [3.63, 3.8) is 0 Å². The van der Waals surface area contributed by atoms with Gasteiger partial charge in [-0.25, -0.2) is 9.78 Å². The lowest BCUT2D eigenvalue weighted by Crippen LogP contribution is -2.49. The second-order valence-corrected chi connectivity index (χ2v) is 7.21. The number of para-hydroxylation sites is 1. The zero-order chi connectivity index (χ0) is 16.8. The summed E-state index contributed by atoms with van der Waals surface area (Å²) in [6, 6.07) is 6.59. The predicted octanol–water partition coefficient (Wildman–Crippen LogP) is 2.04. The number of carbonyl (C=O) groups is 2. The summed E-state index contributed by atoms with van der Waals surface area (Å²) in [5.74, 6) is 0.614. The van der Waals surface area contributed by atoms with Crippen LogP contribution in [0.5, 0.6) is 0 Å². The van der Waals surface area contributed by atoms with Crippen LogP contribution >= 0.6 is 23.1 Å². The van der Waals surface area contributed by atoms with Gasteiger partial charge >= 0.3 is 6.03 Å². The van der Waals surface area contributed by atoms with Gasteiger partial charge in [0.1, 0.15) is 11.0 Å². The monoisotopic (exact) mass is 352 g/mol. The third-order valence-electron chi connectivity index (χ3n) is 3.31. The molecule has 3 N–H and O–H groups in total. The first-order valence-electron chi connectivity index (χ1n) is 7.15. The minimum Gasteiger partial charge on any atom is -0.352 e. The molecule has 0 saturated heterocycles. The number of rotatable bonds is 7. The number of fused-ring (bicyclic) bond motifs is 1. The molecule has 0 fully saturated rings. The van der Waals surface area contributed by atoms with Crippen LogP contribution in [0, 0.1) is 0 Å². The molecule has 2 rings (SSSR count). The largest absolute Gasteiger partial charge is 0.352 e. The van der Waals surface area contributed by atoms with Crippen LogP contribution in [0.4, 0.5) is 4.79 Å². The maximum absolute atomic E-state index is 12.5. The number of urea groups is 1. The molecule has 0 bridgehead atoms. The van der Waals surface area contributed by atoms with Gasteiger partial charge in [0.2, 0.25) is 5.91 Å². The molecule has 1 atom stereocenters. The summed E-state index contributed by atoms with van der Waals surface area (Å²) in [5.41, 5.74) is 6.10. The van der Waals surface area contributed by atoms with E-state index in [2.05, 4.69) is 10.3 Å². The van der Waals surface area contributed by atoms with E-state index in [9.17, 15) is 9.59 Å². The second kappa shape index (κ2) is 8.16. The van der Waals surface area contributed by atoms with Gasteiger partial charge in [-0.2, -0.15) is 11.8 Å². The molecule has 0 saturated carbocycles. The van der Waals surface area contributed by atoms with Crippen molar-refractivity contribution in [3.8, 4) is 0 Å². The number of primary amides is 1. The Labute approximate surface area is 143 Å². The van der Waals surface area contributed by atoms with Crippen molar-refractivity contribution in [2.24, 2.45) is 5.73 Å². The van der Waals surface area contributed by atoms with E-state index in [4.69, 9.17) is 5.73 Å². The number of hydrogen-bond acceptors (Lipinski definition) is 5. The van der Waals surface area contributed by atoms with E-state index in [-0.39, 0.29) is 5.91 Å². The van der Waals surface area contributed by atoms with Gasteiger partial charge in [-0.05, 0) is 30.6 Å². The highest BCUT2D eigenvalue weighted by Crippen LogP contribution is 2.22. The van der Waals surface area contributed by atoms with E-state index in [1.807, 2.05) is 30.5 Å². The third kappa shape index (κ3) is 4.84. The third-order valence-corrected chi connectivity index (χ3v) is 4.98. The molecule has 0 aliphatic heterocycles. The van der Waals surface area contributed by atoms with E-state index in [0.717, 1.165) is 21.0 Å². The molecule has 124 valence electrons. The fourth-order valence-corrected chi connectivity index (χ4v) is 3.69. The number of nitrogens with zero attached hydrogens (tertiary/aromatic N) is 2. The molecule has 0 unspecified atom stereocenters. The van der Waals surface area contributed by atoms with E-state index in [0.29, 0.717) is 13.0 Å². The molecule has 1 aromatic heterocycles. The molecular formula is C15H20N4O2S2. The van der Waals surface area contributed by atoms with Crippen LogP contribution in [-0.4, -0.2) is 46.9 Å². The Morgan fingerprint density at radius 3 is 2.83 bits per heavy atom. The van der Waals surface area contributed by atoms with E-state index in [1.54, 1.807) is 35.0 Å². The fraction of sp³-hybridized carbons (Fsp3) is 0.400. The van der Waals surface area contributed by atoms with E-state index >= 15 is 0 Å². The van der Waals surface area contributed by atoms with Crippen molar-refractivity contribution in [1.29, 1.82) is 0 Å². The van der Waals surface area contributed by atoms with E-state index in [1.165, 1.54) is 0 Å². The van der Waals surface area contributed by atoms with Gasteiger partial charge < -0.3 is 16.0 Å². The number of hydrogen-bond donors (Lipinski definition) is 2. The van der Waals surface area contributed by atoms with Crippen molar-refractivity contribution >= 4 is 45.3 Å². The van der Waals surface area contributed by atoms with Crippen molar-refractivity contribution in [3.05, 3.63) is 29.3 Å². The molecule has 8 heteroatoms. The number of nitrogens with two attached hydrogens (primary N) is 1. The van der Waals surface area contributed by atoms with E-state index < -0.39 is 12.1 Å². The predicted molar refractivity (Wildman–Crippen MR) is 95.6 cm³/mol. The van der Waals surface area contributed by atoms with Crippen molar-refractivity contribution < 1.29 is 9.59 Å². The number of nitrogens with one attached hydrogen (secondary N) is 1. The van der Waals surface area contributed by atoms with Gasteiger partial charge in [-0.15, -0.1) is 11.3 Å². The first kappa shape index (κ1) is 17.6. The molecule has 0 aliphatic carbocycles. The summed E-state index contributed by atoms with van der Waals surface area (Å²) in [7, 11) is 1.71. The summed E-state index contributed by atoms with van der Waals surface area (Å²) < 4.78 is 1.09. The Hall–Kier alpha value is -1.80. The summed E-state index contributed by atoms with van der Waals surface area (Å²) >= 11 is 3.19. The van der Waals surface area contributed by atoms with Crippen LogP contribution in [0.2, 0.25) is 0 Å². The molecule has 23 heavy (non-hydrogen) atoms. The van der Waals surface area contributed by atoms with Crippen LogP contribution in [0.3, 0.4) is 0 Å². The van der Waals surface area contributed by atoms with Gasteiger partial charge in [0.15, 0.2) is 0 Å². The number of likely N-dealkylation sites (N-methyl/N-ethyl adjacent to an activating group) is 1.